The van der Waals surface area contributed by atoms with Gasteiger partial charge < -0.3 is 9.55 Å². The molecule has 4 heterocycles. The number of aromatic nitrogens is 5. The van der Waals surface area contributed by atoms with E-state index in [0.717, 1.165) is 88.8 Å². The molecular weight excluding hydrogens is 926 g/mol. The average Bonchev–Trinajstić information content (AvgIpc) is 3.95. The van der Waals surface area contributed by atoms with E-state index in [1.165, 1.54) is 27.6 Å². The summed E-state index contributed by atoms with van der Waals surface area (Å²) in [5.74, 6) is 2.50. The molecule has 11 rings (SSSR count). The van der Waals surface area contributed by atoms with Gasteiger partial charge in [0, 0.05) is 23.0 Å². The maximum absolute atomic E-state index is 5.54. The maximum Gasteiger partial charge on any atom is 2.00 e. The van der Waals surface area contributed by atoms with Gasteiger partial charge >= 0.3 is 21.1 Å². The van der Waals surface area contributed by atoms with Crippen LogP contribution < -0.4 is 4.98 Å². The molecule has 7 aromatic carbocycles. The third-order valence-corrected chi connectivity index (χ3v) is 12.2. The van der Waals surface area contributed by atoms with E-state index in [-0.39, 0.29) is 21.1 Å². The van der Waals surface area contributed by atoms with Crippen LogP contribution in [0.2, 0.25) is 0 Å². The van der Waals surface area contributed by atoms with Crippen LogP contribution in [-0.4, -0.2) is 19.1 Å². The molecule has 0 N–H and O–H groups in total. The summed E-state index contributed by atoms with van der Waals surface area (Å²) in [6.07, 6.45) is 1.91. The molecule has 0 spiro atoms. The van der Waals surface area contributed by atoms with E-state index in [1.54, 1.807) is 0 Å². The second-order valence-corrected chi connectivity index (χ2v) is 16.6. The Bertz CT molecular complexity index is 3430. The van der Waals surface area contributed by atoms with Gasteiger partial charge in [0.2, 0.25) is 0 Å². The van der Waals surface area contributed by atoms with Crippen LogP contribution in [-0.2, 0) is 21.1 Å². The van der Waals surface area contributed by atoms with E-state index < -0.39 is 0 Å². The Morgan fingerprint density at radius 1 is 0.590 bits per heavy atom. The zero-order valence-electron chi connectivity index (χ0n) is 34.7. The van der Waals surface area contributed by atoms with E-state index in [2.05, 4.69) is 201 Å². The van der Waals surface area contributed by atoms with Crippen molar-refractivity contribution in [1.29, 1.82) is 0 Å². The number of fused-ring (bicyclic) bond motifs is 7. The molecule has 0 saturated carbocycles. The van der Waals surface area contributed by atoms with Gasteiger partial charge in [-0.2, -0.15) is 0 Å². The van der Waals surface area contributed by atoms with Crippen molar-refractivity contribution in [3.05, 3.63) is 181 Å². The first kappa shape index (κ1) is 38.6. The van der Waals surface area contributed by atoms with Crippen molar-refractivity contribution in [2.24, 2.45) is 0 Å². The van der Waals surface area contributed by atoms with E-state index in [1.807, 2.05) is 6.20 Å². The molecule has 6 heteroatoms. The number of benzene rings is 7. The monoisotopic (exact) mass is 968 g/mol. The van der Waals surface area contributed by atoms with Gasteiger partial charge in [0.15, 0.2) is 0 Å². The van der Waals surface area contributed by atoms with Crippen molar-refractivity contribution in [2.75, 3.05) is 0 Å². The molecule has 4 aromatic heterocycles. The summed E-state index contributed by atoms with van der Waals surface area (Å²) in [6, 6.07) is 58.2. The number of hydrogen-bond acceptors (Lipinski definition) is 2. The smallest absolute Gasteiger partial charge is 0.656 e. The summed E-state index contributed by atoms with van der Waals surface area (Å²) < 4.78 is 4.58. The van der Waals surface area contributed by atoms with Crippen LogP contribution in [0.4, 0.5) is 0 Å². The Balaban J connectivity index is 0.00000445. The topological polar surface area (TPSA) is 49.7 Å². The molecule has 5 nitrogen and oxygen atoms in total. The minimum Gasteiger partial charge on any atom is -0.656 e. The summed E-state index contributed by atoms with van der Waals surface area (Å²) in [7, 11) is 0. The molecule has 0 saturated heterocycles. The Morgan fingerprint density at radius 3 is 2.08 bits per heavy atom. The molecule has 298 valence electrons. The van der Waals surface area contributed by atoms with E-state index >= 15 is 0 Å². The third kappa shape index (κ3) is 6.25. The maximum atomic E-state index is 5.54. The summed E-state index contributed by atoms with van der Waals surface area (Å²) >= 11 is 0. The van der Waals surface area contributed by atoms with Gasteiger partial charge in [-0.3, -0.25) is 4.57 Å². The molecule has 0 amide bonds. The second kappa shape index (κ2) is 15.2. The van der Waals surface area contributed by atoms with Crippen molar-refractivity contribution in [2.45, 2.75) is 46.5 Å². The molecule has 61 heavy (non-hydrogen) atoms. The standard InChI is InChI=1S/C55H43N5.Pt/c1-33(2)39-17-11-18-40(34(3)4)52(39)37-25-27-44-43-26-24-36(31-49(43)60(50(44)32-37)51-30-35(5)28-29-56-51)41-19-13-23-48-54(41)58-55(59(48)38-14-7-6-8-15-38)46-21-12-20-45-42-16-9-10-22-47(42)57-53(45)46;/h6-30,32-34H,1-5H3;/q-2;+2. The molecule has 0 atom stereocenters. The van der Waals surface area contributed by atoms with E-state index in [4.69, 9.17) is 15.0 Å². The van der Waals surface area contributed by atoms with Gasteiger partial charge in [-0.15, -0.1) is 34.8 Å². The van der Waals surface area contributed by atoms with Crippen LogP contribution in [0.1, 0.15) is 56.2 Å². The Hall–Kier alpha value is -6.55. The number of pyridine rings is 1. The van der Waals surface area contributed by atoms with Gasteiger partial charge in [0.05, 0.1) is 11.0 Å². The summed E-state index contributed by atoms with van der Waals surface area (Å²) in [5, 5.41) is 4.58. The predicted molar refractivity (Wildman–Crippen MR) is 250 cm³/mol. The summed E-state index contributed by atoms with van der Waals surface area (Å²) in [5.41, 5.74) is 16.4. The zero-order chi connectivity index (χ0) is 40.6. The van der Waals surface area contributed by atoms with Gasteiger partial charge in [-0.25, -0.2) is 9.97 Å². The van der Waals surface area contributed by atoms with Crippen molar-refractivity contribution in [3.63, 3.8) is 0 Å². The summed E-state index contributed by atoms with van der Waals surface area (Å²) in [4.78, 5) is 15.7. The average molecular weight is 969 g/mol. The van der Waals surface area contributed by atoms with Gasteiger partial charge in [0.25, 0.3) is 0 Å². The zero-order valence-corrected chi connectivity index (χ0v) is 37.0. The van der Waals surface area contributed by atoms with Crippen molar-refractivity contribution in [3.8, 4) is 45.1 Å². The molecule has 0 unspecified atom stereocenters. The quantitative estimate of drug-likeness (QED) is 0.150. The Morgan fingerprint density at radius 2 is 1.30 bits per heavy atom. The van der Waals surface area contributed by atoms with Crippen LogP contribution in [0.5, 0.6) is 0 Å². The molecule has 11 aromatic rings. The van der Waals surface area contributed by atoms with Crippen LogP contribution in [0.15, 0.2) is 158 Å². The fourth-order valence-corrected chi connectivity index (χ4v) is 9.33. The fraction of sp³-hybridized carbons (Fsp3) is 0.127. The second-order valence-electron chi connectivity index (χ2n) is 16.6. The number of rotatable bonds is 7. The van der Waals surface area contributed by atoms with Gasteiger partial charge in [0.1, 0.15) is 11.6 Å². The van der Waals surface area contributed by atoms with Crippen LogP contribution in [0, 0.1) is 13.0 Å². The van der Waals surface area contributed by atoms with Crippen LogP contribution in [0.3, 0.4) is 0 Å². The molecule has 0 bridgehead atoms. The molecule has 0 radical (unpaired) electrons. The number of aryl methyl sites for hydroxylation is 1. The molecular formula is C55H43N5Pt. The Labute approximate surface area is 370 Å². The number of nitrogens with zero attached hydrogens (tertiary/aromatic N) is 5. The minimum absolute atomic E-state index is 0. The molecule has 0 fully saturated rings. The fourth-order valence-electron chi connectivity index (χ4n) is 9.33. The predicted octanol–water partition coefficient (Wildman–Crippen LogP) is 14.1. The first-order valence-electron chi connectivity index (χ1n) is 20.9. The largest absolute Gasteiger partial charge is 2.00 e. The van der Waals surface area contributed by atoms with Gasteiger partial charge in [-0.05, 0) is 105 Å². The number of imidazole rings is 1. The van der Waals surface area contributed by atoms with E-state index in [9.17, 15) is 0 Å². The molecule has 0 aliphatic heterocycles. The third-order valence-electron chi connectivity index (χ3n) is 12.2. The Kier molecular flexibility index (Phi) is 9.61. The SMILES string of the molecule is Cc1ccnc(-n2c3[c-]c(-c4cccc5c4nc(-c4cccc6c4[n-]c4ccccc46)n5-c4ccccc4)ccc3c3ccc(-c4c(C(C)C)cccc4C(C)C)cc32)c1.[Pt+2]. The van der Waals surface area contributed by atoms with E-state index in [0.29, 0.717) is 11.8 Å². The first-order chi connectivity index (χ1) is 29.3. The number of hydrogen-bond donors (Lipinski definition) is 0. The minimum atomic E-state index is 0. The molecule has 0 aliphatic carbocycles. The van der Waals surface area contributed by atoms with Crippen molar-refractivity contribution in [1.82, 2.24) is 24.1 Å². The molecule has 0 aliphatic rings. The van der Waals surface area contributed by atoms with Crippen LogP contribution in [0.25, 0.3) is 99.8 Å². The van der Waals surface area contributed by atoms with Crippen molar-refractivity contribution < 1.29 is 21.1 Å². The number of para-hydroxylation sites is 4. The summed E-state index contributed by atoms with van der Waals surface area (Å²) in [6.45, 7) is 11.3. The normalized spacial score (nSPS) is 11.9. The first-order valence-corrected chi connectivity index (χ1v) is 20.9. The van der Waals surface area contributed by atoms with Crippen LogP contribution >= 0.6 is 0 Å². The van der Waals surface area contributed by atoms with Gasteiger partial charge in [-0.1, -0.05) is 142 Å². The van der Waals surface area contributed by atoms with Crippen molar-refractivity contribution >= 4 is 54.6 Å².